The Morgan fingerprint density at radius 1 is 1.39 bits per heavy atom. The minimum absolute atomic E-state index is 0.220. The molecule has 0 unspecified atom stereocenters. The molecule has 1 aromatic heterocycles. The van der Waals surface area contributed by atoms with Gasteiger partial charge >= 0.3 is 6.09 Å². The molecule has 0 spiro atoms. The number of aromatic nitrogens is 1. The second-order valence-corrected chi connectivity index (χ2v) is 5.50. The standard InChI is InChI=1S/C17H17FN2O3/c1-2-14-10-23-16-15(20(14)17(21)22)8-12(9-19-16)7-11-3-5-13(18)6-4-11/h3-6,8-9,14H,2,7,10H2,1H3,(H,21,22)/t14-/m0/s1. The van der Waals surface area contributed by atoms with Gasteiger partial charge in [0.2, 0.25) is 5.88 Å². The largest absolute Gasteiger partial charge is 0.474 e. The molecule has 1 amide bonds. The lowest BCUT2D eigenvalue weighted by Crippen LogP contribution is -2.46. The van der Waals surface area contributed by atoms with Crippen molar-refractivity contribution in [2.24, 2.45) is 0 Å². The molecule has 120 valence electrons. The molecule has 6 heteroatoms. The number of carbonyl (C=O) groups is 1. The lowest BCUT2D eigenvalue weighted by Gasteiger charge is -2.33. The van der Waals surface area contributed by atoms with Crippen LogP contribution in [0.3, 0.4) is 0 Å². The van der Waals surface area contributed by atoms with Crippen LogP contribution in [-0.4, -0.2) is 28.8 Å². The van der Waals surface area contributed by atoms with Gasteiger partial charge < -0.3 is 9.84 Å². The average Bonchev–Trinajstić information content (AvgIpc) is 2.55. The molecule has 5 nitrogen and oxygen atoms in total. The smallest absolute Gasteiger partial charge is 0.412 e. The van der Waals surface area contributed by atoms with Gasteiger partial charge in [0.1, 0.15) is 18.1 Å². The Morgan fingerprint density at radius 2 is 2.13 bits per heavy atom. The number of hydrogen-bond donors (Lipinski definition) is 1. The Bertz CT molecular complexity index is 718. The molecule has 23 heavy (non-hydrogen) atoms. The summed E-state index contributed by atoms with van der Waals surface area (Å²) in [5.41, 5.74) is 2.25. The number of ether oxygens (including phenoxy) is 1. The summed E-state index contributed by atoms with van der Waals surface area (Å²) in [5, 5.41) is 9.50. The highest BCUT2D eigenvalue weighted by atomic mass is 19.1. The van der Waals surface area contributed by atoms with Crippen LogP contribution in [0.1, 0.15) is 24.5 Å². The van der Waals surface area contributed by atoms with Gasteiger partial charge in [-0.3, -0.25) is 4.90 Å². The van der Waals surface area contributed by atoms with Crippen molar-refractivity contribution in [1.82, 2.24) is 4.98 Å². The van der Waals surface area contributed by atoms with Crippen molar-refractivity contribution in [3.8, 4) is 5.88 Å². The molecule has 0 saturated heterocycles. The van der Waals surface area contributed by atoms with E-state index in [1.807, 2.05) is 6.92 Å². The molecule has 2 aromatic rings. The number of benzene rings is 1. The van der Waals surface area contributed by atoms with Gasteiger partial charge in [0.05, 0.1) is 6.04 Å². The van der Waals surface area contributed by atoms with Crippen LogP contribution in [0.15, 0.2) is 36.5 Å². The number of hydrogen-bond acceptors (Lipinski definition) is 3. The topological polar surface area (TPSA) is 62.7 Å². The van der Waals surface area contributed by atoms with E-state index in [0.29, 0.717) is 31.0 Å². The zero-order valence-corrected chi connectivity index (χ0v) is 12.7. The number of amides is 1. The third kappa shape index (κ3) is 3.11. The fraction of sp³-hybridized carbons (Fsp3) is 0.294. The van der Waals surface area contributed by atoms with Crippen LogP contribution in [0.2, 0.25) is 0 Å². The molecule has 1 atom stereocenters. The summed E-state index contributed by atoms with van der Waals surface area (Å²) in [6.45, 7) is 2.23. The Morgan fingerprint density at radius 3 is 2.78 bits per heavy atom. The van der Waals surface area contributed by atoms with Crippen molar-refractivity contribution < 1.29 is 19.0 Å². The first kappa shape index (κ1) is 15.3. The van der Waals surface area contributed by atoms with Crippen LogP contribution in [0.4, 0.5) is 14.9 Å². The maximum absolute atomic E-state index is 13.0. The molecular weight excluding hydrogens is 299 g/mol. The van der Waals surface area contributed by atoms with Crippen molar-refractivity contribution in [2.75, 3.05) is 11.5 Å². The molecule has 1 aromatic carbocycles. The zero-order chi connectivity index (χ0) is 16.4. The maximum atomic E-state index is 13.0. The van der Waals surface area contributed by atoms with Crippen LogP contribution < -0.4 is 9.64 Å². The molecule has 0 bridgehead atoms. The molecule has 0 saturated carbocycles. The third-order valence-electron chi connectivity index (χ3n) is 3.92. The molecule has 0 radical (unpaired) electrons. The van der Waals surface area contributed by atoms with Gasteiger partial charge in [0.15, 0.2) is 0 Å². The van der Waals surface area contributed by atoms with Gasteiger partial charge in [0.25, 0.3) is 0 Å². The summed E-state index contributed by atoms with van der Waals surface area (Å²) in [6, 6.07) is 7.77. The first-order valence-corrected chi connectivity index (χ1v) is 7.46. The monoisotopic (exact) mass is 316 g/mol. The maximum Gasteiger partial charge on any atom is 0.412 e. The quantitative estimate of drug-likeness (QED) is 0.942. The number of carboxylic acid groups (broad SMARTS) is 1. The molecule has 3 rings (SSSR count). The van der Waals surface area contributed by atoms with E-state index in [-0.39, 0.29) is 11.9 Å². The van der Waals surface area contributed by atoms with Gasteiger partial charge in [-0.15, -0.1) is 0 Å². The summed E-state index contributed by atoms with van der Waals surface area (Å²) in [5.74, 6) is 0.0495. The van der Waals surface area contributed by atoms with E-state index in [0.717, 1.165) is 11.1 Å². The normalized spacial score (nSPS) is 16.6. The fourth-order valence-corrected chi connectivity index (χ4v) is 2.71. The number of anilines is 1. The van der Waals surface area contributed by atoms with E-state index in [2.05, 4.69) is 4.98 Å². The molecule has 1 aliphatic heterocycles. The van der Waals surface area contributed by atoms with Crippen molar-refractivity contribution in [3.05, 3.63) is 53.5 Å². The second-order valence-electron chi connectivity index (χ2n) is 5.50. The lowest BCUT2D eigenvalue weighted by atomic mass is 10.1. The van der Waals surface area contributed by atoms with Crippen LogP contribution in [0.5, 0.6) is 5.88 Å². The van der Waals surface area contributed by atoms with Crippen LogP contribution >= 0.6 is 0 Å². The number of halogens is 1. The van der Waals surface area contributed by atoms with E-state index in [1.54, 1.807) is 24.4 Å². The van der Waals surface area contributed by atoms with E-state index < -0.39 is 6.09 Å². The number of rotatable bonds is 3. The Kier molecular flexibility index (Phi) is 4.14. The first-order chi connectivity index (χ1) is 11.1. The fourth-order valence-electron chi connectivity index (χ4n) is 2.71. The van der Waals surface area contributed by atoms with Gasteiger partial charge in [0, 0.05) is 6.20 Å². The van der Waals surface area contributed by atoms with Crippen molar-refractivity contribution in [1.29, 1.82) is 0 Å². The highest BCUT2D eigenvalue weighted by Crippen LogP contribution is 2.34. The molecule has 1 N–H and O–H groups in total. The number of fused-ring (bicyclic) bond motifs is 1. The van der Waals surface area contributed by atoms with Gasteiger partial charge in [-0.25, -0.2) is 14.2 Å². The van der Waals surface area contributed by atoms with Gasteiger partial charge in [-0.05, 0) is 42.2 Å². The summed E-state index contributed by atoms with van der Waals surface area (Å²) in [4.78, 5) is 17.1. The summed E-state index contributed by atoms with van der Waals surface area (Å²) >= 11 is 0. The summed E-state index contributed by atoms with van der Waals surface area (Å²) in [7, 11) is 0. The van der Waals surface area contributed by atoms with Crippen LogP contribution in [0.25, 0.3) is 0 Å². The van der Waals surface area contributed by atoms with Gasteiger partial charge in [-0.2, -0.15) is 0 Å². The molecular formula is C17H17FN2O3. The second kappa shape index (κ2) is 6.24. The van der Waals surface area contributed by atoms with E-state index >= 15 is 0 Å². The minimum atomic E-state index is -1.01. The number of nitrogens with zero attached hydrogens (tertiary/aromatic N) is 2. The molecule has 2 heterocycles. The van der Waals surface area contributed by atoms with Gasteiger partial charge in [-0.1, -0.05) is 19.1 Å². The Balaban J connectivity index is 1.92. The minimum Gasteiger partial charge on any atom is -0.474 e. The molecule has 0 aliphatic carbocycles. The van der Waals surface area contributed by atoms with E-state index in [9.17, 15) is 14.3 Å². The summed E-state index contributed by atoms with van der Waals surface area (Å²) < 4.78 is 18.5. The third-order valence-corrected chi connectivity index (χ3v) is 3.92. The van der Waals surface area contributed by atoms with E-state index in [4.69, 9.17) is 4.74 Å². The highest BCUT2D eigenvalue weighted by Gasteiger charge is 2.32. The summed E-state index contributed by atoms with van der Waals surface area (Å²) in [6.07, 6.45) is 1.86. The predicted molar refractivity (Wildman–Crippen MR) is 83.5 cm³/mol. The zero-order valence-electron chi connectivity index (χ0n) is 12.7. The molecule has 1 aliphatic rings. The van der Waals surface area contributed by atoms with Crippen molar-refractivity contribution >= 4 is 11.8 Å². The lowest BCUT2D eigenvalue weighted by molar-refractivity contribution is 0.185. The number of pyridine rings is 1. The van der Waals surface area contributed by atoms with Crippen LogP contribution in [-0.2, 0) is 6.42 Å². The predicted octanol–water partition coefficient (Wildman–Crippen LogP) is 3.47. The van der Waals surface area contributed by atoms with E-state index in [1.165, 1.54) is 17.0 Å². The van der Waals surface area contributed by atoms with Crippen molar-refractivity contribution in [2.45, 2.75) is 25.8 Å². The first-order valence-electron chi connectivity index (χ1n) is 7.46. The average molecular weight is 316 g/mol. The van der Waals surface area contributed by atoms with Crippen molar-refractivity contribution in [3.63, 3.8) is 0 Å². The highest BCUT2D eigenvalue weighted by molar-refractivity contribution is 5.89. The Hall–Kier alpha value is -2.63. The Labute approximate surface area is 133 Å². The molecule has 0 fully saturated rings. The van der Waals surface area contributed by atoms with Crippen LogP contribution in [0, 0.1) is 5.82 Å². The SMILES string of the molecule is CC[C@H]1COc2ncc(Cc3ccc(F)cc3)cc2N1C(=O)O.